The first kappa shape index (κ1) is 12.2. The fourth-order valence-electron chi connectivity index (χ4n) is 2.48. The van der Waals surface area contributed by atoms with Crippen molar-refractivity contribution in [3.63, 3.8) is 0 Å². The number of nitrogens with two attached hydrogens (primary N) is 1. The Bertz CT molecular complexity index is 159. The molecule has 0 spiro atoms. The molecule has 84 valence electrons. The molecule has 2 heterocycles. The molecule has 0 bridgehead atoms. The highest BCUT2D eigenvalue weighted by Gasteiger charge is 2.21. The van der Waals surface area contributed by atoms with E-state index in [2.05, 4.69) is 10.2 Å². The molecule has 0 aromatic carbocycles. The molecule has 0 aliphatic carbocycles. The van der Waals surface area contributed by atoms with E-state index in [4.69, 9.17) is 5.73 Å². The zero-order valence-corrected chi connectivity index (χ0v) is 9.56. The minimum absolute atomic E-state index is 0. The molecule has 0 amide bonds. The number of likely N-dealkylation sites (tertiary alicyclic amines) is 1. The summed E-state index contributed by atoms with van der Waals surface area (Å²) >= 11 is 0. The van der Waals surface area contributed by atoms with E-state index < -0.39 is 0 Å². The Hall–Kier alpha value is 0.170. The van der Waals surface area contributed by atoms with E-state index in [-0.39, 0.29) is 12.4 Å². The van der Waals surface area contributed by atoms with Crippen LogP contribution in [0.25, 0.3) is 0 Å². The van der Waals surface area contributed by atoms with Crippen LogP contribution in [0, 0.1) is 0 Å². The number of hydrogen-bond acceptors (Lipinski definition) is 3. The van der Waals surface area contributed by atoms with Gasteiger partial charge in [-0.05, 0) is 38.8 Å². The number of nitrogens with zero attached hydrogens (tertiary/aromatic N) is 1. The van der Waals surface area contributed by atoms with Gasteiger partial charge < -0.3 is 16.0 Å². The smallest absolute Gasteiger partial charge is 0.0195 e. The minimum atomic E-state index is 0. The van der Waals surface area contributed by atoms with Crippen LogP contribution in [-0.2, 0) is 0 Å². The van der Waals surface area contributed by atoms with E-state index in [1.54, 1.807) is 0 Å². The second-order valence-electron chi connectivity index (χ2n) is 4.46. The summed E-state index contributed by atoms with van der Waals surface area (Å²) in [5.41, 5.74) is 5.94. The highest BCUT2D eigenvalue weighted by molar-refractivity contribution is 5.85. The molecule has 3 nitrogen and oxygen atoms in total. The first-order chi connectivity index (χ1) is 6.34. The molecule has 1 unspecified atom stereocenters. The van der Waals surface area contributed by atoms with E-state index in [1.165, 1.54) is 45.3 Å². The summed E-state index contributed by atoms with van der Waals surface area (Å²) in [5, 5.41) is 3.54. The van der Waals surface area contributed by atoms with E-state index in [0.717, 1.165) is 12.6 Å². The van der Waals surface area contributed by atoms with E-state index in [9.17, 15) is 0 Å². The fraction of sp³-hybridized carbons (Fsp3) is 1.00. The highest BCUT2D eigenvalue weighted by Crippen LogP contribution is 2.12. The third kappa shape index (κ3) is 3.39. The van der Waals surface area contributed by atoms with Crippen LogP contribution in [0.1, 0.15) is 25.7 Å². The molecular formula is C10H22ClN3. The number of piperidine rings is 1. The van der Waals surface area contributed by atoms with Crippen molar-refractivity contribution >= 4 is 12.4 Å². The Morgan fingerprint density at radius 1 is 1.29 bits per heavy atom. The number of nitrogens with one attached hydrogen (secondary N) is 1. The fourth-order valence-corrected chi connectivity index (χ4v) is 2.48. The van der Waals surface area contributed by atoms with E-state index in [0.29, 0.717) is 6.04 Å². The average Bonchev–Trinajstić information content (AvgIpc) is 2.57. The zero-order chi connectivity index (χ0) is 9.10. The maximum Gasteiger partial charge on any atom is 0.0195 e. The van der Waals surface area contributed by atoms with Crippen molar-refractivity contribution in [2.24, 2.45) is 5.73 Å². The summed E-state index contributed by atoms with van der Waals surface area (Å²) in [6.45, 7) is 4.79. The molecule has 0 aromatic heterocycles. The third-order valence-corrected chi connectivity index (χ3v) is 3.18. The predicted octanol–water partition coefficient (Wildman–Crippen LogP) is 0.583. The molecule has 2 aliphatic rings. The highest BCUT2D eigenvalue weighted by atomic mass is 35.5. The summed E-state index contributed by atoms with van der Waals surface area (Å²) in [4.78, 5) is 2.52. The van der Waals surface area contributed by atoms with Crippen LogP contribution >= 0.6 is 12.4 Å². The number of rotatable bonds is 2. The molecule has 2 fully saturated rings. The molecule has 2 saturated heterocycles. The second kappa shape index (κ2) is 5.91. The monoisotopic (exact) mass is 219 g/mol. The van der Waals surface area contributed by atoms with Crippen molar-refractivity contribution in [1.29, 1.82) is 0 Å². The summed E-state index contributed by atoms with van der Waals surface area (Å²) in [7, 11) is 0. The van der Waals surface area contributed by atoms with Crippen LogP contribution in [0.15, 0.2) is 0 Å². The molecule has 4 heteroatoms. The molecule has 3 N–H and O–H groups in total. The molecular weight excluding hydrogens is 198 g/mol. The van der Waals surface area contributed by atoms with Gasteiger partial charge in [0.2, 0.25) is 0 Å². The molecule has 2 atom stereocenters. The standard InChI is InChI=1S/C10H21N3.ClH/c11-9-3-2-6-13(7-9)8-10-4-1-5-12-10;/h9-10,12H,1-8,11H2;1H/t9?,10-;/m0./s1. The van der Waals surface area contributed by atoms with Crippen LogP contribution in [0.5, 0.6) is 0 Å². The van der Waals surface area contributed by atoms with Gasteiger partial charge in [-0.2, -0.15) is 0 Å². The molecule has 2 aliphatic heterocycles. The third-order valence-electron chi connectivity index (χ3n) is 3.18. The Labute approximate surface area is 92.8 Å². The Morgan fingerprint density at radius 3 is 2.79 bits per heavy atom. The number of halogens is 1. The van der Waals surface area contributed by atoms with Crippen LogP contribution in [0.2, 0.25) is 0 Å². The van der Waals surface area contributed by atoms with Gasteiger partial charge in [-0.1, -0.05) is 0 Å². The van der Waals surface area contributed by atoms with Gasteiger partial charge in [-0.3, -0.25) is 0 Å². The molecule has 14 heavy (non-hydrogen) atoms. The zero-order valence-electron chi connectivity index (χ0n) is 8.74. The van der Waals surface area contributed by atoms with E-state index >= 15 is 0 Å². The molecule has 0 saturated carbocycles. The summed E-state index contributed by atoms with van der Waals surface area (Å²) in [6.07, 6.45) is 5.21. The van der Waals surface area contributed by atoms with Crippen molar-refractivity contribution < 1.29 is 0 Å². The maximum absolute atomic E-state index is 5.94. The van der Waals surface area contributed by atoms with Crippen LogP contribution < -0.4 is 11.1 Å². The topological polar surface area (TPSA) is 41.3 Å². The van der Waals surface area contributed by atoms with Crippen LogP contribution in [0.4, 0.5) is 0 Å². The molecule has 2 rings (SSSR count). The van der Waals surface area contributed by atoms with E-state index in [1.807, 2.05) is 0 Å². The van der Waals surface area contributed by atoms with Crippen molar-refractivity contribution in [3.8, 4) is 0 Å². The van der Waals surface area contributed by atoms with Gasteiger partial charge in [0.15, 0.2) is 0 Å². The van der Waals surface area contributed by atoms with Crippen LogP contribution in [0.3, 0.4) is 0 Å². The maximum atomic E-state index is 5.94. The lowest BCUT2D eigenvalue weighted by Gasteiger charge is -2.32. The van der Waals surface area contributed by atoms with Gasteiger partial charge >= 0.3 is 0 Å². The second-order valence-corrected chi connectivity index (χ2v) is 4.46. The van der Waals surface area contributed by atoms with Gasteiger partial charge in [0.1, 0.15) is 0 Å². The van der Waals surface area contributed by atoms with Crippen molar-refractivity contribution in [3.05, 3.63) is 0 Å². The van der Waals surface area contributed by atoms with Crippen molar-refractivity contribution in [1.82, 2.24) is 10.2 Å². The summed E-state index contributed by atoms with van der Waals surface area (Å²) < 4.78 is 0. The Morgan fingerprint density at radius 2 is 2.14 bits per heavy atom. The predicted molar refractivity (Wildman–Crippen MR) is 61.9 cm³/mol. The first-order valence-corrected chi connectivity index (χ1v) is 5.56. The SMILES string of the molecule is Cl.NC1CCCN(C[C@@H]2CCCN2)C1. The Balaban J connectivity index is 0.000000980. The van der Waals surface area contributed by atoms with Gasteiger partial charge in [-0.25, -0.2) is 0 Å². The normalized spacial score (nSPS) is 34.1. The van der Waals surface area contributed by atoms with Gasteiger partial charge in [0, 0.05) is 25.2 Å². The van der Waals surface area contributed by atoms with Gasteiger partial charge in [0.25, 0.3) is 0 Å². The largest absolute Gasteiger partial charge is 0.327 e. The molecule has 0 radical (unpaired) electrons. The quantitative estimate of drug-likeness (QED) is 0.714. The Kier molecular flexibility index (Phi) is 5.17. The lowest BCUT2D eigenvalue weighted by Crippen LogP contribution is -2.47. The van der Waals surface area contributed by atoms with Crippen molar-refractivity contribution in [2.75, 3.05) is 26.2 Å². The summed E-state index contributed by atoms with van der Waals surface area (Å²) in [6, 6.07) is 1.17. The lowest BCUT2D eigenvalue weighted by atomic mass is 10.1. The first-order valence-electron chi connectivity index (χ1n) is 5.56. The van der Waals surface area contributed by atoms with Crippen molar-refractivity contribution in [2.45, 2.75) is 37.8 Å². The lowest BCUT2D eigenvalue weighted by molar-refractivity contribution is 0.193. The summed E-state index contributed by atoms with van der Waals surface area (Å²) in [5.74, 6) is 0. The van der Waals surface area contributed by atoms with Crippen LogP contribution in [-0.4, -0.2) is 43.2 Å². The van der Waals surface area contributed by atoms with Gasteiger partial charge in [-0.15, -0.1) is 12.4 Å². The molecule has 0 aromatic rings. The average molecular weight is 220 g/mol. The number of hydrogen-bond donors (Lipinski definition) is 2. The van der Waals surface area contributed by atoms with Gasteiger partial charge in [0.05, 0.1) is 0 Å². The minimum Gasteiger partial charge on any atom is -0.327 e.